The van der Waals surface area contributed by atoms with E-state index in [0.29, 0.717) is 35.1 Å². The molecule has 1 aliphatic rings. The molecule has 1 aliphatic heterocycles. The number of rotatable bonds is 7. The van der Waals surface area contributed by atoms with Crippen LogP contribution in [-0.4, -0.2) is 31.6 Å². The Labute approximate surface area is 191 Å². The number of hydrogen-bond donors (Lipinski definition) is 1. The van der Waals surface area contributed by atoms with Crippen LogP contribution in [0.1, 0.15) is 23.6 Å². The second-order valence-electron chi connectivity index (χ2n) is 7.03. The van der Waals surface area contributed by atoms with Gasteiger partial charge in [-0.25, -0.2) is 9.69 Å². The predicted molar refractivity (Wildman–Crippen MR) is 123 cm³/mol. The average molecular weight is 455 g/mol. The number of carbonyl (C=O) groups is 3. The molecule has 32 heavy (non-hydrogen) atoms. The number of nitrogens with zero attached hydrogens (tertiary/aromatic N) is 1. The van der Waals surface area contributed by atoms with Crippen LogP contribution in [0.2, 0.25) is 5.02 Å². The molecule has 3 rings (SSSR count). The number of anilines is 1. The normalized spacial score (nSPS) is 15.1. The second kappa shape index (κ2) is 9.70. The molecule has 2 aromatic rings. The molecule has 0 atom stereocenters. The number of nitrogens with one attached hydrogen (secondary N) is 1. The number of amides is 4. The molecule has 1 fully saturated rings. The van der Waals surface area contributed by atoms with E-state index in [1.54, 1.807) is 37.3 Å². The van der Waals surface area contributed by atoms with Gasteiger partial charge in [0.1, 0.15) is 5.57 Å². The third-order valence-electron chi connectivity index (χ3n) is 4.85. The van der Waals surface area contributed by atoms with Gasteiger partial charge in [-0.2, -0.15) is 0 Å². The number of aryl methyl sites for hydroxylation is 1. The van der Waals surface area contributed by atoms with Gasteiger partial charge in [-0.05, 0) is 61.7 Å². The highest BCUT2D eigenvalue weighted by molar-refractivity contribution is 6.39. The lowest BCUT2D eigenvalue weighted by Gasteiger charge is -2.26. The van der Waals surface area contributed by atoms with Gasteiger partial charge in [0.05, 0.1) is 19.4 Å². The first kappa shape index (κ1) is 23.1. The van der Waals surface area contributed by atoms with E-state index in [-0.39, 0.29) is 11.3 Å². The quantitative estimate of drug-likeness (QED) is 0.379. The van der Waals surface area contributed by atoms with Crippen LogP contribution in [0.3, 0.4) is 0 Å². The summed E-state index contributed by atoms with van der Waals surface area (Å²) in [6.45, 7) is 7.87. The SMILES string of the molecule is C=CCc1cc(/C=C2/C(=O)NC(=O)N(c3ccc(C)c(Cl)c3)C2=O)cc(OC)c1OCC. The highest BCUT2D eigenvalue weighted by Gasteiger charge is 2.37. The molecule has 0 bridgehead atoms. The van der Waals surface area contributed by atoms with Gasteiger partial charge in [-0.3, -0.25) is 14.9 Å². The summed E-state index contributed by atoms with van der Waals surface area (Å²) in [6, 6.07) is 7.39. The fraction of sp³-hybridized carbons (Fsp3) is 0.208. The van der Waals surface area contributed by atoms with Gasteiger partial charge >= 0.3 is 6.03 Å². The van der Waals surface area contributed by atoms with E-state index in [9.17, 15) is 14.4 Å². The zero-order valence-corrected chi connectivity index (χ0v) is 18.8. The van der Waals surface area contributed by atoms with E-state index in [4.69, 9.17) is 21.1 Å². The Kier molecular flexibility index (Phi) is 7.00. The summed E-state index contributed by atoms with van der Waals surface area (Å²) in [7, 11) is 1.51. The van der Waals surface area contributed by atoms with E-state index < -0.39 is 17.8 Å². The molecule has 1 saturated heterocycles. The van der Waals surface area contributed by atoms with Crippen molar-refractivity contribution in [2.24, 2.45) is 0 Å². The molecule has 2 aromatic carbocycles. The summed E-state index contributed by atoms with van der Waals surface area (Å²) in [5.41, 5.74) is 2.19. The lowest BCUT2D eigenvalue weighted by atomic mass is 10.0. The van der Waals surface area contributed by atoms with Gasteiger partial charge in [-0.1, -0.05) is 23.7 Å². The molecule has 0 spiro atoms. The largest absolute Gasteiger partial charge is 0.493 e. The number of imide groups is 2. The number of allylic oxidation sites excluding steroid dienone is 1. The Morgan fingerprint density at radius 1 is 1.19 bits per heavy atom. The lowest BCUT2D eigenvalue weighted by Crippen LogP contribution is -2.54. The Balaban J connectivity index is 2.08. The molecular weight excluding hydrogens is 432 g/mol. The van der Waals surface area contributed by atoms with Crippen molar-refractivity contribution in [1.29, 1.82) is 0 Å². The van der Waals surface area contributed by atoms with Crippen molar-refractivity contribution in [2.75, 3.05) is 18.6 Å². The average Bonchev–Trinajstić information content (AvgIpc) is 2.75. The summed E-state index contributed by atoms with van der Waals surface area (Å²) < 4.78 is 11.2. The van der Waals surface area contributed by atoms with E-state index in [1.165, 1.54) is 19.3 Å². The van der Waals surface area contributed by atoms with Crippen LogP contribution < -0.4 is 19.7 Å². The molecule has 0 aliphatic carbocycles. The summed E-state index contributed by atoms with van der Waals surface area (Å²) in [6.07, 6.45) is 3.63. The van der Waals surface area contributed by atoms with E-state index >= 15 is 0 Å². The number of hydrogen-bond acceptors (Lipinski definition) is 5. The smallest absolute Gasteiger partial charge is 0.335 e. The highest BCUT2D eigenvalue weighted by Crippen LogP contribution is 2.35. The number of methoxy groups -OCH3 is 1. The van der Waals surface area contributed by atoms with Crippen LogP contribution in [0.5, 0.6) is 11.5 Å². The standard InChI is InChI=1S/C24H23ClN2O5/c1-5-7-16-10-15(12-20(31-4)21(16)32-6-2)11-18-22(28)26-24(30)27(23(18)29)17-9-8-14(3)19(25)13-17/h5,8-13H,1,6-7H2,2-4H3,(H,26,28,30)/b18-11-. The highest BCUT2D eigenvalue weighted by atomic mass is 35.5. The first-order valence-electron chi connectivity index (χ1n) is 9.92. The summed E-state index contributed by atoms with van der Waals surface area (Å²) >= 11 is 6.16. The minimum atomic E-state index is -0.839. The van der Waals surface area contributed by atoms with Crippen molar-refractivity contribution in [1.82, 2.24) is 5.32 Å². The number of halogens is 1. The fourth-order valence-corrected chi connectivity index (χ4v) is 3.49. The first-order valence-corrected chi connectivity index (χ1v) is 10.3. The Hall–Kier alpha value is -3.58. The zero-order chi connectivity index (χ0) is 23.4. The third-order valence-corrected chi connectivity index (χ3v) is 5.26. The summed E-state index contributed by atoms with van der Waals surface area (Å²) in [5, 5.41) is 2.61. The van der Waals surface area contributed by atoms with Crippen molar-refractivity contribution >= 4 is 41.2 Å². The third kappa shape index (κ3) is 4.53. The molecule has 1 N–H and O–H groups in total. The van der Waals surface area contributed by atoms with Crippen molar-refractivity contribution in [3.8, 4) is 11.5 Å². The van der Waals surface area contributed by atoms with Crippen LogP contribution in [-0.2, 0) is 16.0 Å². The predicted octanol–water partition coefficient (Wildman–Crippen LogP) is 4.45. The van der Waals surface area contributed by atoms with Gasteiger partial charge in [-0.15, -0.1) is 6.58 Å². The first-order chi connectivity index (χ1) is 15.3. The van der Waals surface area contributed by atoms with Crippen molar-refractivity contribution in [3.05, 3.63) is 70.3 Å². The fourth-order valence-electron chi connectivity index (χ4n) is 3.31. The van der Waals surface area contributed by atoms with Crippen molar-refractivity contribution in [2.45, 2.75) is 20.3 Å². The monoisotopic (exact) mass is 454 g/mol. The maximum atomic E-state index is 13.1. The number of urea groups is 1. The minimum absolute atomic E-state index is 0.197. The van der Waals surface area contributed by atoms with Crippen LogP contribution in [0.4, 0.5) is 10.5 Å². The van der Waals surface area contributed by atoms with Gasteiger partial charge in [0.15, 0.2) is 11.5 Å². The van der Waals surface area contributed by atoms with Crippen LogP contribution >= 0.6 is 11.6 Å². The zero-order valence-electron chi connectivity index (χ0n) is 18.0. The Morgan fingerprint density at radius 2 is 1.94 bits per heavy atom. The molecule has 8 heteroatoms. The molecule has 0 aromatic heterocycles. The molecule has 0 radical (unpaired) electrons. The number of carbonyl (C=O) groups excluding carboxylic acids is 3. The van der Waals surface area contributed by atoms with Gasteiger partial charge < -0.3 is 9.47 Å². The number of barbiturate groups is 1. The van der Waals surface area contributed by atoms with Gasteiger partial charge in [0.25, 0.3) is 11.8 Å². The Morgan fingerprint density at radius 3 is 2.56 bits per heavy atom. The van der Waals surface area contributed by atoms with Crippen LogP contribution in [0, 0.1) is 6.92 Å². The number of benzene rings is 2. The lowest BCUT2D eigenvalue weighted by molar-refractivity contribution is -0.122. The maximum Gasteiger partial charge on any atom is 0.335 e. The molecule has 166 valence electrons. The van der Waals surface area contributed by atoms with E-state index in [1.807, 2.05) is 6.92 Å². The Bertz CT molecular complexity index is 1140. The molecule has 1 heterocycles. The van der Waals surface area contributed by atoms with Crippen molar-refractivity contribution < 1.29 is 23.9 Å². The summed E-state index contributed by atoms with van der Waals surface area (Å²) in [4.78, 5) is 39.0. The van der Waals surface area contributed by atoms with Crippen LogP contribution in [0.25, 0.3) is 6.08 Å². The second-order valence-corrected chi connectivity index (χ2v) is 7.44. The summed E-state index contributed by atoms with van der Waals surface area (Å²) in [5.74, 6) is -0.507. The topological polar surface area (TPSA) is 84.9 Å². The van der Waals surface area contributed by atoms with E-state index in [0.717, 1.165) is 16.0 Å². The molecular formula is C24H23ClN2O5. The molecule has 4 amide bonds. The van der Waals surface area contributed by atoms with Crippen molar-refractivity contribution in [3.63, 3.8) is 0 Å². The van der Waals surface area contributed by atoms with Gasteiger partial charge in [0, 0.05) is 10.6 Å². The number of ether oxygens (including phenoxy) is 2. The van der Waals surface area contributed by atoms with Gasteiger partial charge in [0.2, 0.25) is 0 Å². The molecule has 0 unspecified atom stereocenters. The minimum Gasteiger partial charge on any atom is -0.493 e. The maximum absolute atomic E-state index is 13.1. The van der Waals surface area contributed by atoms with Crippen LogP contribution in [0.15, 0.2) is 48.6 Å². The molecule has 0 saturated carbocycles. The van der Waals surface area contributed by atoms with E-state index in [2.05, 4.69) is 11.9 Å². The molecule has 7 nitrogen and oxygen atoms in total.